The highest BCUT2D eigenvalue weighted by Crippen LogP contribution is 2.42. The van der Waals surface area contributed by atoms with Gasteiger partial charge in [-0.25, -0.2) is 4.79 Å². The SMILES string of the molecule is CCOC(=O)[C@H](C=C(C)C)c1cccc2[nH]c3c(c12)C[C@H](NC(=O)OC(C)(C)C)[C@@H](C)S3. The number of aromatic amines is 1. The average Bonchev–Trinajstić information content (AvgIpc) is 3.02. The third-order valence-electron chi connectivity index (χ3n) is 5.29. The lowest BCUT2D eigenvalue weighted by atomic mass is 9.90. The number of aromatic nitrogens is 1. The second kappa shape index (κ2) is 9.61. The van der Waals surface area contributed by atoms with E-state index in [1.54, 1.807) is 11.8 Å². The van der Waals surface area contributed by atoms with Crippen molar-refractivity contribution in [3.63, 3.8) is 0 Å². The summed E-state index contributed by atoms with van der Waals surface area (Å²) < 4.78 is 10.9. The van der Waals surface area contributed by atoms with Crippen molar-refractivity contribution in [1.82, 2.24) is 10.3 Å². The van der Waals surface area contributed by atoms with Crippen LogP contribution in [0.15, 0.2) is 34.9 Å². The number of carbonyl (C=O) groups excluding carboxylic acids is 2. The molecule has 1 aromatic heterocycles. The zero-order valence-corrected chi connectivity index (χ0v) is 20.8. The van der Waals surface area contributed by atoms with Gasteiger partial charge in [0.1, 0.15) is 11.5 Å². The quantitative estimate of drug-likeness (QED) is 0.443. The van der Waals surface area contributed by atoms with E-state index in [0.29, 0.717) is 13.0 Å². The lowest BCUT2D eigenvalue weighted by Gasteiger charge is -2.30. The smallest absolute Gasteiger partial charge is 0.407 e. The number of thioether (sulfide) groups is 1. The fraction of sp³-hybridized carbons (Fsp3) is 0.520. The maximum absolute atomic E-state index is 12.9. The monoisotopic (exact) mass is 458 g/mol. The maximum atomic E-state index is 12.9. The molecular formula is C25H34N2O4S. The van der Waals surface area contributed by atoms with Crippen molar-refractivity contribution < 1.29 is 19.1 Å². The van der Waals surface area contributed by atoms with Crippen LogP contribution in [0, 0.1) is 0 Å². The highest BCUT2D eigenvalue weighted by molar-refractivity contribution is 8.00. The number of ether oxygens (including phenoxy) is 2. The Morgan fingerprint density at radius 3 is 2.66 bits per heavy atom. The Morgan fingerprint density at radius 2 is 2.03 bits per heavy atom. The number of nitrogens with one attached hydrogen (secondary N) is 2. The van der Waals surface area contributed by atoms with Crippen LogP contribution in [0.4, 0.5) is 4.79 Å². The van der Waals surface area contributed by atoms with Gasteiger partial charge in [-0.3, -0.25) is 4.79 Å². The lowest BCUT2D eigenvalue weighted by Crippen LogP contribution is -2.46. The summed E-state index contributed by atoms with van der Waals surface area (Å²) in [6.07, 6.45) is 2.21. The van der Waals surface area contributed by atoms with Gasteiger partial charge in [0.05, 0.1) is 11.6 Å². The van der Waals surface area contributed by atoms with Crippen LogP contribution >= 0.6 is 11.8 Å². The standard InChI is InChI=1S/C25H34N2O4S/c1-8-30-23(28)17(12-14(2)3)16-10-9-11-19-21(16)18-13-20(15(4)32-22(18)26-19)27-24(29)31-25(5,6)7/h9-12,15,17,20,26H,8,13H2,1-7H3,(H,27,29)/t15-,17-,20+/m1/s1. The van der Waals surface area contributed by atoms with E-state index in [4.69, 9.17) is 9.47 Å². The Labute approximate surface area is 194 Å². The molecule has 32 heavy (non-hydrogen) atoms. The molecule has 0 spiro atoms. The normalized spacial score (nSPS) is 19.1. The minimum atomic E-state index is -0.550. The topological polar surface area (TPSA) is 80.4 Å². The van der Waals surface area contributed by atoms with E-state index in [1.165, 1.54) is 0 Å². The number of carbonyl (C=O) groups is 2. The van der Waals surface area contributed by atoms with E-state index in [2.05, 4.69) is 17.2 Å². The fourth-order valence-corrected chi connectivity index (χ4v) is 5.21. The van der Waals surface area contributed by atoms with Crippen molar-refractivity contribution in [1.29, 1.82) is 0 Å². The van der Waals surface area contributed by atoms with E-state index in [0.717, 1.165) is 32.6 Å². The molecule has 7 heteroatoms. The minimum absolute atomic E-state index is 0.0843. The first kappa shape index (κ1) is 24.2. The number of esters is 1. The number of fused-ring (bicyclic) bond motifs is 3. The molecule has 2 heterocycles. The van der Waals surface area contributed by atoms with Gasteiger partial charge in [0.15, 0.2) is 0 Å². The second-order valence-corrected chi connectivity index (χ2v) is 10.8. The molecule has 0 saturated carbocycles. The zero-order chi connectivity index (χ0) is 23.6. The first-order valence-electron chi connectivity index (χ1n) is 11.1. The number of amides is 1. The van der Waals surface area contributed by atoms with Crippen LogP contribution in [0.3, 0.4) is 0 Å². The maximum Gasteiger partial charge on any atom is 0.407 e. The molecule has 6 nitrogen and oxygen atoms in total. The van der Waals surface area contributed by atoms with Gasteiger partial charge in [0, 0.05) is 22.2 Å². The van der Waals surface area contributed by atoms with E-state index < -0.39 is 17.6 Å². The van der Waals surface area contributed by atoms with E-state index in [9.17, 15) is 9.59 Å². The Bertz CT molecular complexity index is 1030. The summed E-state index contributed by atoms with van der Waals surface area (Å²) >= 11 is 1.70. The number of hydrogen-bond acceptors (Lipinski definition) is 5. The molecule has 0 fully saturated rings. The van der Waals surface area contributed by atoms with Gasteiger partial charge in [0.2, 0.25) is 0 Å². The number of benzene rings is 1. The van der Waals surface area contributed by atoms with E-state index in [-0.39, 0.29) is 17.3 Å². The van der Waals surface area contributed by atoms with Crippen molar-refractivity contribution in [3.05, 3.63) is 41.0 Å². The number of rotatable bonds is 5. The van der Waals surface area contributed by atoms with Crippen molar-refractivity contribution in [2.75, 3.05) is 6.61 Å². The number of H-pyrrole nitrogens is 1. The van der Waals surface area contributed by atoms with Gasteiger partial charge >= 0.3 is 12.1 Å². The van der Waals surface area contributed by atoms with E-state index in [1.807, 2.05) is 65.8 Å². The summed E-state index contributed by atoms with van der Waals surface area (Å²) in [6.45, 7) is 13.8. The molecule has 1 amide bonds. The summed E-state index contributed by atoms with van der Waals surface area (Å²) in [7, 11) is 0. The van der Waals surface area contributed by atoms with Crippen molar-refractivity contribution in [2.24, 2.45) is 0 Å². The fourth-order valence-electron chi connectivity index (χ4n) is 4.01. The van der Waals surface area contributed by atoms with Gasteiger partial charge in [-0.1, -0.05) is 30.7 Å². The number of hydrogen-bond donors (Lipinski definition) is 2. The molecule has 174 valence electrons. The van der Waals surface area contributed by atoms with Gasteiger partial charge in [0.25, 0.3) is 0 Å². The van der Waals surface area contributed by atoms with Crippen LogP contribution in [0.25, 0.3) is 10.9 Å². The molecule has 3 atom stereocenters. The summed E-state index contributed by atoms with van der Waals surface area (Å²) in [5, 5.41) is 5.34. The summed E-state index contributed by atoms with van der Waals surface area (Å²) in [4.78, 5) is 28.8. The number of alkyl carbamates (subject to hydrolysis) is 1. The molecule has 0 saturated heterocycles. The summed E-state index contributed by atoms with van der Waals surface area (Å²) in [5.41, 5.74) is 3.53. The van der Waals surface area contributed by atoms with Crippen LogP contribution in [0.1, 0.15) is 65.5 Å². The first-order chi connectivity index (χ1) is 15.0. The van der Waals surface area contributed by atoms with Gasteiger partial charge in [-0.2, -0.15) is 0 Å². The zero-order valence-electron chi connectivity index (χ0n) is 20.0. The largest absolute Gasteiger partial charge is 0.465 e. The number of allylic oxidation sites excluding steroid dienone is 1. The highest BCUT2D eigenvalue weighted by atomic mass is 32.2. The molecular weight excluding hydrogens is 424 g/mol. The Morgan fingerprint density at radius 1 is 1.31 bits per heavy atom. The average molecular weight is 459 g/mol. The summed E-state index contributed by atoms with van der Waals surface area (Å²) in [5.74, 6) is -0.735. The molecule has 0 radical (unpaired) electrons. The first-order valence-corrected chi connectivity index (χ1v) is 12.0. The predicted octanol–water partition coefficient (Wildman–Crippen LogP) is 5.71. The third kappa shape index (κ3) is 5.49. The van der Waals surface area contributed by atoms with Crippen molar-refractivity contribution in [2.45, 2.75) is 82.7 Å². The van der Waals surface area contributed by atoms with Gasteiger partial charge in [-0.15, -0.1) is 11.8 Å². The molecule has 0 aliphatic carbocycles. The molecule has 3 rings (SSSR count). The Kier molecular flexibility index (Phi) is 7.28. The second-order valence-electron chi connectivity index (χ2n) is 9.46. The summed E-state index contributed by atoms with van der Waals surface area (Å²) in [6, 6.07) is 5.91. The lowest BCUT2D eigenvalue weighted by molar-refractivity contribution is -0.143. The van der Waals surface area contributed by atoms with Gasteiger partial charge < -0.3 is 19.8 Å². The molecule has 2 N–H and O–H groups in total. The Hall–Kier alpha value is -2.41. The van der Waals surface area contributed by atoms with Crippen molar-refractivity contribution in [3.8, 4) is 0 Å². The van der Waals surface area contributed by atoms with Crippen LogP contribution in [0.2, 0.25) is 0 Å². The molecule has 1 aromatic carbocycles. The minimum Gasteiger partial charge on any atom is -0.465 e. The van der Waals surface area contributed by atoms with E-state index >= 15 is 0 Å². The Balaban J connectivity index is 2.02. The molecule has 0 bridgehead atoms. The molecule has 0 unspecified atom stereocenters. The van der Waals surface area contributed by atoms with Crippen LogP contribution in [-0.4, -0.2) is 40.5 Å². The molecule has 1 aliphatic rings. The molecule has 1 aliphatic heterocycles. The van der Waals surface area contributed by atoms with Crippen LogP contribution in [0.5, 0.6) is 0 Å². The van der Waals surface area contributed by atoms with Crippen LogP contribution < -0.4 is 5.32 Å². The predicted molar refractivity (Wildman–Crippen MR) is 129 cm³/mol. The highest BCUT2D eigenvalue weighted by Gasteiger charge is 2.33. The van der Waals surface area contributed by atoms with Gasteiger partial charge in [-0.05, 0) is 65.2 Å². The molecule has 2 aromatic rings. The van der Waals surface area contributed by atoms with Crippen LogP contribution in [-0.2, 0) is 20.7 Å². The third-order valence-corrected chi connectivity index (χ3v) is 6.58. The van der Waals surface area contributed by atoms with Crippen molar-refractivity contribution >= 4 is 34.7 Å².